The molecule has 6 heteroatoms. The van der Waals surface area contributed by atoms with Gasteiger partial charge >= 0.3 is 5.97 Å². The summed E-state index contributed by atoms with van der Waals surface area (Å²) >= 11 is 0. The number of unbranched alkanes of at least 4 members (excludes halogenated alkanes) is 38. The third-order valence-electron chi connectivity index (χ3n) is 12.3. The van der Waals surface area contributed by atoms with Gasteiger partial charge < -0.3 is 20.3 Å². The Labute approximate surface area is 368 Å². The number of nitrogens with one attached hydrogen (secondary N) is 1. The van der Waals surface area contributed by atoms with Gasteiger partial charge in [-0.3, -0.25) is 9.59 Å². The number of aliphatic hydroxyl groups is 2. The van der Waals surface area contributed by atoms with Gasteiger partial charge in [-0.15, -0.1) is 0 Å². The summed E-state index contributed by atoms with van der Waals surface area (Å²) in [5, 5.41) is 23.0. The Balaban J connectivity index is 3.41. The average Bonchev–Trinajstić information content (AvgIpc) is 3.24. The van der Waals surface area contributed by atoms with Gasteiger partial charge in [0.25, 0.3) is 0 Å². The lowest BCUT2D eigenvalue weighted by atomic mass is 10.0. The van der Waals surface area contributed by atoms with Crippen LogP contribution in [0.3, 0.4) is 0 Å². The minimum Gasteiger partial charge on any atom is -0.466 e. The zero-order valence-corrected chi connectivity index (χ0v) is 39.7. The highest BCUT2D eigenvalue weighted by atomic mass is 16.5. The Hall–Kier alpha value is -1.40. The molecule has 0 bridgehead atoms. The molecule has 1 amide bonds. The van der Waals surface area contributed by atoms with Crippen molar-refractivity contribution in [3.63, 3.8) is 0 Å². The van der Waals surface area contributed by atoms with Crippen LogP contribution in [0.2, 0.25) is 0 Å². The smallest absolute Gasteiger partial charge is 0.305 e. The molecule has 0 radical (unpaired) electrons. The molecule has 0 saturated heterocycles. The van der Waals surface area contributed by atoms with Crippen molar-refractivity contribution in [2.24, 2.45) is 0 Å². The van der Waals surface area contributed by atoms with E-state index in [1.54, 1.807) is 6.08 Å². The predicted octanol–water partition coefficient (Wildman–Crippen LogP) is 15.7. The highest BCUT2D eigenvalue weighted by molar-refractivity contribution is 5.76. The van der Waals surface area contributed by atoms with E-state index in [4.69, 9.17) is 4.74 Å². The van der Waals surface area contributed by atoms with Crippen LogP contribution in [0.15, 0.2) is 12.2 Å². The molecule has 350 valence electrons. The van der Waals surface area contributed by atoms with E-state index in [0.29, 0.717) is 19.4 Å². The van der Waals surface area contributed by atoms with Gasteiger partial charge in [0.15, 0.2) is 0 Å². The lowest BCUT2D eigenvalue weighted by Gasteiger charge is -2.20. The van der Waals surface area contributed by atoms with E-state index in [2.05, 4.69) is 19.2 Å². The first-order chi connectivity index (χ1) is 29.0. The van der Waals surface area contributed by atoms with E-state index >= 15 is 0 Å². The molecule has 6 nitrogen and oxygen atoms in total. The van der Waals surface area contributed by atoms with Crippen molar-refractivity contribution in [3.8, 4) is 0 Å². The number of carbonyl (C=O) groups is 2. The fraction of sp³-hybridized carbons (Fsp3) is 0.925. The summed E-state index contributed by atoms with van der Waals surface area (Å²) in [6.07, 6.45) is 56.4. The van der Waals surface area contributed by atoms with Crippen molar-refractivity contribution in [1.29, 1.82) is 0 Å². The number of aliphatic hydroxyl groups excluding tert-OH is 2. The van der Waals surface area contributed by atoms with Crippen LogP contribution in [0.4, 0.5) is 0 Å². The minimum absolute atomic E-state index is 0.00498. The van der Waals surface area contributed by atoms with Crippen LogP contribution in [-0.2, 0) is 14.3 Å². The maximum absolute atomic E-state index is 12.4. The molecule has 0 aromatic carbocycles. The van der Waals surface area contributed by atoms with Crippen LogP contribution < -0.4 is 5.32 Å². The molecule has 2 unspecified atom stereocenters. The van der Waals surface area contributed by atoms with Crippen LogP contribution in [0, 0.1) is 0 Å². The Morgan fingerprint density at radius 3 is 1.15 bits per heavy atom. The fourth-order valence-electron chi connectivity index (χ4n) is 8.22. The summed E-state index contributed by atoms with van der Waals surface area (Å²) in [4.78, 5) is 24.4. The third kappa shape index (κ3) is 45.9. The molecule has 0 aromatic heterocycles. The highest BCUT2D eigenvalue weighted by Gasteiger charge is 2.18. The highest BCUT2D eigenvalue weighted by Crippen LogP contribution is 2.17. The summed E-state index contributed by atoms with van der Waals surface area (Å²) < 4.78 is 5.47. The number of hydrogen-bond donors (Lipinski definition) is 3. The van der Waals surface area contributed by atoms with E-state index < -0.39 is 12.1 Å². The fourth-order valence-corrected chi connectivity index (χ4v) is 8.22. The van der Waals surface area contributed by atoms with Gasteiger partial charge in [0, 0.05) is 12.8 Å². The second-order valence-corrected chi connectivity index (χ2v) is 18.2. The largest absolute Gasteiger partial charge is 0.466 e. The molecular weight excluding hydrogens is 731 g/mol. The Kier molecular flexibility index (Phi) is 48.1. The van der Waals surface area contributed by atoms with Crippen molar-refractivity contribution in [2.75, 3.05) is 13.2 Å². The topological polar surface area (TPSA) is 95.9 Å². The molecule has 0 aromatic rings. The van der Waals surface area contributed by atoms with Gasteiger partial charge in [0.1, 0.15) is 0 Å². The van der Waals surface area contributed by atoms with Gasteiger partial charge in [0.2, 0.25) is 5.91 Å². The second kappa shape index (κ2) is 49.3. The summed E-state index contributed by atoms with van der Waals surface area (Å²) in [5.74, 6) is -0.0702. The first kappa shape index (κ1) is 57.6. The Bertz CT molecular complexity index is 878. The molecule has 0 saturated carbocycles. The van der Waals surface area contributed by atoms with Gasteiger partial charge in [-0.25, -0.2) is 0 Å². The average molecular weight is 834 g/mol. The standard InChI is InChI=1S/C53H103NO5/c1-3-5-7-9-11-13-15-16-19-23-27-31-35-39-43-47-53(58)59-48-44-40-36-32-28-24-21-18-17-20-22-26-30-34-38-42-46-52(57)54-50(49-55)51(56)45-41-37-33-29-25-14-12-10-8-6-4-2/h41,45,50-51,55-56H,3-40,42-44,46-49H2,1-2H3,(H,54,57)/b45-41+. The van der Waals surface area contributed by atoms with Crippen molar-refractivity contribution in [1.82, 2.24) is 5.32 Å². The van der Waals surface area contributed by atoms with E-state index in [1.165, 1.54) is 218 Å². The van der Waals surface area contributed by atoms with Gasteiger partial charge in [-0.1, -0.05) is 257 Å². The molecule has 0 rings (SSSR count). The van der Waals surface area contributed by atoms with Gasteiger partial charge in [-0.05, 0) is 32.1 Å². The van der Waals surface area contributed by atoms with Gasteiger partial charge in [-0.2, -0.15) is 0 Å². The van der Waals surface area contributed by atoms with Crippen LogP contribution >= 0.6 is 0 Å². The van der Waals surface area contributed by atoms with Crippen LogP contribution in [0.1, 0.15) is 290 Å². The molecular formula is C53H103NO5. The number of hydrogen-bond acceptors (Lipinski definition) is 5. The molecule has 0 spiro atoms. The van der Waals surface area contributed by atoms with E-state index in [-0.39, 0.29) is 18.5 Å². The Morgan fingerprint density at radius 1 is 0.458 bits per heavy atom. The third-order valence-corrected chi connectivity index (χ3v) is 12.3. The van der Waals surface area contributed by atoms with Gasteiger partial charge in [0.05, 0.1) is 25.4 Å². The van der Waals surface area contributed by atoms with Crippen LogP contribution in [-0.4, -0.2) is 47.4 Å². The zero-order chi connectivity index (χ0) is 43.0. The number of ether oxygens (including phenoxy) is 1. The number of amides is 1. The molecule has 0 fully saturated rings. The summed E-state index contributed by atoms with van der Waals surface area (Å²) in [6.45, 7) is 4.89. The second-order valence-electron chi connectivity index (χ2n) is 18.2. The SMILES string of the molecule is CCCCCCCCCCC/C=C/C(O)C(CO)NC(=O)CCCCCCCCCCCCCCCCCCOC(=O)CCCCCCCCCCCCCCCCC. The van der Waals surface area contributed by atoms with Crippen LogP contribution in [0.5, 0.6) is 0 Å². The molecule has 0 aliphatic heterocycles. The lowest BCUT2D eigenvalue weighted by molar-refractivity contribution is -0.143. The maximum Gasteiger partial charge on any atom is 0.305 e. The summed E-state index contributed by atoms with van der Waals surface area (Å²) in [5.41, 5.74) is 0. The molecule has 59 heavy (non-hydrogen) atoms. The Morgan fingerprint density at radius 2 is 0.780 bits per heavy atom. The predicted molar refractivity (Wildman–Crippen MR) is 255 cm³/mol. The van der Waals surface area contributed by atoms with E-state index in [9.17, 15) is 19.8 Å². The van der Waals surface area contributed by atoms with E-state index in [0.717, 1.165) is 44.9 Å². The van der Waals surface area contributed by atoms with Crippen molar-refractivity contribution in [3.05, 3.63) is 12.2 Å². The minimum atomic E-state index is -0.846. The van der Waals surface area contributed by atoms with Crippen molar-refractivity contribution < 1.29 is 24.5 Å². The first-order valence-corrected chi connectivity index (χ1v) is 26.5. The molecule has 2 atom stereocenters. The quantitative estimate of drug-likeness (QED) is 0.0322. The normalized spacial score (nSPS) is 12.7. The van der Waals surface area contributed by atoms with Crippen molar-refractivity contribution in [2.45, 2.75) is 302 Å². The monoisotopic (exact) mass is 834 g/mol. The molecule has 0 aliphatic rings. The number of esters is 1. The molecule has 0 heterocycles. The zero-order valence-electron chi connectivity index (χ0n) is 39.7. The van der Waals surface area contributed by atoms with Crippen molar-refractivity contribution >= 4 is 11.9 Å². The number of carbonyl (C=O) groups excluding carboxylic acids is 2. The molecule has 3 N–H and O–H groups in total. The summed E-state index contributed by atoms with van der Waals surface area (Å²) in [7, 11) is 0. The molecule has 0 aliphatic carbocycles. The van der Waals surface area contributed by atoms with Crippen LogP contribution in [0.25, 0.3) is 0 Å². The maximum atomic E-state index is 12.4. The lowest BCUT2D eigenvalue weighted by Crippen LogP contribution is -2.45. The van der Waals surface area contributed by atoms with E-state index in [1.807, 2.05) is 6.08 Å². The summed E-state index contributed by atoms with van der Waals surface area (Å²) in [6, 6.07) is -0.630. The number of allylic oxidation sites excluding steroid dienone is 1. The first-order valence-electron chi connectivity index (χ1n) is 26.5. The number of rotatable bonds is 49.